The molecule has 0 bridgehead atoms. The molecule has 0 saturated carbocycles. The second kappa shape index (κ2) is 8.27. The summed E-state index contributed by atoms with van der Waals surface area (Å²) >= 11 is 0. The number of para-hydroxylation sites is 1. The molecule has 2 aromatic heterocycles. The molecule has 2 heterocycles. The van der Waals surface area contributed by atoms with Gasteiger partial charge in [0.2, 0.25) is 5.95 Å². The van der Waals surface area contributed by atoms with Gasteiger partial charge in [0.15, 0.2) is 0 Å². The molecule has 7 nitrogen and oxygen atoms in total. The standard InChI is InChI=1S/C20H21N5O2/c1-14(25(2)16-6-4-3-5-7-16)13-23-20-22-11-9-17(24-20)18-12-15(19(26)27)8-10-21-18/h3-12,14H,13H2,1-2H3,(H,26,27)(H,22,23,24). The number of carbonyl (C=O) groups is 1. The summed E-state index contributed by atoms with van der Waals surface area (Å²) in [5.74, 6) is -0.521. The van der Waals surface area contributed by atoms with Crippen LogP contribution in [0.25, 0.3) is 11.4 Å². The van der Waals surface area contributed by atoms with Gasteiger partial charge in [0.1, 0.15) is 0 Å². The quantitative estimate of drug-likeness (QED) is 0.666. The molecule has 138 valence electrons. The van der Waals surface area contributed by atoms with Crippen molar-refractivity contribution in [2.75, 3.05) is 23.8 Å². The number of anilines is 2. The van der Waals surface area contributed by atoms with E-state index in [9.17, 15) is 4.79 Å². The van der Waals surface area contributed by atoms with E-state index in [-0.39, 0.29) is 11.6 Å². The number of pyridine rings is 1. The third-order valence-corrected chi connectivity index (χ3v) is 4.31. The summed E-state index contributed by atoms with van der Waals surface area (Å²) in [6, 6.07) is 15.0. The molecule has 27 heavy (non-hydrogen) atoms. The van der Waals surface area contributed by atoms with Gasteiger partial charge in [0.25, 0.3) is 0 Å². The normalized spacial score (nSPS) is 11.6. The molecule has 0 saturated heterocycles. The molecule has 1 atom stereocenters. The fraction of sp³-hybridized carbons (Fsp3) is 0.200. The molecule has 0 spiro atoms. The van der Waals surface area contributed by atoms with Crippen LogP contribution in [0, 0.1) is 0 Å². The number of nitrogens with zero attached hydrogens (tertiary/aromatic N) is 4. The number of hydrogen-bond donors (Lipinski definition) is 2. The van der Waals surface area contributed by atoms with E-state index in [1.165, 1.54) is 18.3 Å². The molecule has 1 aromatic carbocycles. The Morgan fingerprint density at radius 3 is 2.59 bits per heavy atom. The zero-order valence-corrected chi connectivity index (χ0v) is 15.2. The van der Waals surface area contributed by atoms with Crippen LogP contribution in [0.5, 0.6) is 0 Å². The maximum absolute atomic E-state index is 11.1. The largest absolute Gasteiger partial charge is 0.478 e. The lowest BCUT2D eigenvalue weighted by Gasteiger charge is -2.27. The average molecular weight is 363 g/mol. The van der Waals surface area contributed by atoms with Gasteiger partial charge in [-0.15, -0.1) is 0 Å². The van der Waals surface area contributed by atoms with E-state index in [0.717, 1.165) is 5.69 Å². The number of benzene rings is 1. The van der Waals surface area contributed by atoms with Crippen LogP contribution in [-0.2, 0) is 0 Å². The first-order valence-corrected chi connectivity index (χ1v) is 8.59. The van der Waals surface area contributed by atoms with Crippen molar-refractivity contribution >= 4 is 17.6 Å². The Kier molecular flexibility index (Phi) is 5.61. The fourth-order valence-corrected chi connectivity index (χ4v) is 2.58. The van der Waals surface area contributed by atoms with Crippen molar-refractivity contribution in [3.63, 3.8) is 0 Å². The number of carboxylic acid groups (broad SMARTS) is 1. The third-order valence-electron chi connectivity index (χ3n) is 4.31. The first-order chi connectivity index (χ1) is 13.0. The van der Waals surface area contributed by atoms with Gasteiger partial charge >= 0.3 is 5.97 Å². The van der Waals surface area contributed by atoms with Gasteiger partial charge in [-0.1, -0.05) is 18.2 Å². The maximum Gasteiger partial charge on any atom is 0.335 e. The topological polar surface area (TPSA) is 91.2 Å². The zero-order valence-electron chi connectivity index (χ0n) is 15.2. The predicted octanol–water partition coefficient (Wildman–Crippen LogP) is 3.17. The van der Waals surface area contributed by atoms with E-state index in [0.29, 0.717) is 23.9 Å². The maximum atomic E-state index is 11.1. The van der Waals surface area contributed by atoms with Gasteiger partial charge in [-0.05, 0) is 37.3 Å². The second-order valence-corrected chi connectivity index (χ2v) is 6.18. The third kappa shape index (κ3) is 4.58. The summed E-state index contributed by atoms with van der Waals surface area (Å²) in [6.45, 7) is 2.76. The fourth-order valence-electron chi connectivity index (χ4n) is 2.58. The van der Waals surface area contributed by atoms with Gasteiger partial charge in [0, 0.05) is 37.7 Å². The van der Waals surface area contributed by atoms with E-state index in [1.54, 1.807) is 12.3 Å². The molecule has 0 radical (unpaired) electrons. The number of hydrogen-bond acceptors (Lipinski definition) is 6. The Bertz CT molecular complexity index is 917. The minimum Gasteiger partial charge on any atom is -0.478 e. The van der Waals surface area contributed by atoms with Crippen molar-refractivity contribution in [1.29, 1.82) is 0 Å². The lowest BCUT2D eigenvalue weighted by molar-refractivity contribution is 0.0697. The summed E-state index contributed by atoms with van der Waals surface area (Å²) in [4.78, 5) is 26.2. The zero-order chi connectivity index (χ0) is 19.2. The number of likely N-dealkylation sites (N-methyl/N-ethyl adjacent to an activating group) is 1. The number of carboxylic acids is 1. The number of rotatable bonds is 7. The van der Waals surface area contributed by atoms with Gasteiger partial charge in [-0.3, -0.25) is 4.98 Å². The summed E-state index contributed by atoms with van der Waals surface area (Å²) in [7, 11) is 2.04. The molecular weight excluding hydrogens is 342 g/mol. The molecule has 2 N–H and O–H groups in total. The van der Waals surface area contributed by atoms with Crippen LogP contribution >= 0.6 is 0 Å². The van der Waals surface area contributed by atoms with E-state index >= 15 is 0 Å². The van der Waals surface area contributed by atoms with E-state index < -0.39 is 5.97 Å². The average Bonchev–Trinajstić information content (AvgIpc) is 2.72. The highest BCUT2D eigenvalue weighted by molar-refractivity contribution is 5.88. The molecule has 3 rings (SSSR count). The smallest absolute Gasteiger partial charge is 0.335 e. The van der Waals surface area contributed by atoms with Crippen molar-refractivity contribution in [2.24, 2.45) is 0 Å². The SMILES string of the molecule is CC(CNc1nccc(-c2cc(C(=O)O)ccn2)n1)N(C)c1ccccc1. The molecular formula is C20H21N5O2. The first-order valence-electron chi connectivity index (χ1n) is 8.59. The van der Waals surface area contributed by atoms with Gasteiger partial charge in [-0.25, -0.2) is 14.8 Å². The Morgan fingerprint density at radius 1 is 1.11 bits per heavy atom. The van der Waals surface area contributed by atoms with E-state index in [4.69, 9.17) is 5.11 Å². The lowest BCUT2D eigenvalue weighted by Crippen LogP contribution is -2.35. The number of aromatic carboxylic acids is 1. The molecule has 0 aliphatic rings. The Morgan fingerprint density at radius 2 is 1.85 bits per heavy atom. The molecule has 3 aromatic rings. The second-order valence-electron chi connectivity index (χ2n) is 6.18. The van der Waals surface area contributed by atoms with Crippen LogP contribution in [0.4, 0.5) is 11.6 Å². The highest BCUT2D eigenvalue weighted by atomic mass is 16.4. The number of nitrogens with one attached hydrogen (secondary N) is 1. The summed E-state index contributed by atoms with van der Waals surface area (Å²) in [5, 5.41) is 12.4. The monoisotopic (exact) mass is 363 g/mol. The van der Waals surface area contributed by atoms with Crippen molar-refractivity contribution in [1.82, 2.24) is 15.0 Å². The van der Waals surface area contributed by atoms with Crippen molar-refractivity contribution < 1.29 is 9.90 Å². The van der Waals surface area contributed by atoms with Crippen molar-refractivity contribution in [2.45, 2.75) is 13.0 Å². The highest BCUT2D eigenvalue weighted by Crippen LogP contribution is 2.17. The van der Waals surface area contributed by atoms with Crippen LogP contribution in [0.1, 0.15) is 17.3 Å². The predicted molar refractivity (Wildman–Crippen MR) is 105 cm³/mol. The summed E-state index contributed by atoms with van der Waals surface area (Å²) < 4.78 is 0. The number of aromatic nitrogens is 3. The Balaban J connectivity index is 1.69. The highest BCUT2D eigenvalue weighted by Gasteiger charge is 2.11. The molecule has 0 fully saturated rings. The molecule has 1 unspecified atom stereocenters. The van der Waals surface area contributed by atoms with Gasteiger partial charge < -0.3 is 15.3 Å². The Labute approximate surface area is 157 Å². The van der Waals surface area contributed by atoms with Gasteiger partial charge in [-0.2, -0.15) is 0 Å². The van der Waals surface area contributed by atoms with E-state index in [1.807, 2.05) is 25.2 Å². The minimum atomic E-state index is -0.996. The summed E-state index contributed by atoms with van der Waals surface area (Å²) in [5.41, 5.74) is 2.37. The van der Waals surface area contributed by atoms with Crippen LogP contribution in [0.2, 0.25) is 0 Å². The lowest BCUT2D eigenvalue weighted by atomic mass is 10.2. The molecule has 0 aliphatic carbocycles. The molecule has 7 heteroatoms. The summed E-state index contributed by atoms with van der Waals surface area (Å²) in [6.07, 6.45) is 3.09. The first kappa shape index (κ1) is 18.3. The minimum absolute atomic E-state index is 0.172. The van der Waals surface area contributed by atoms with Crippen LogP contribution < -0.4 is 10.2 Å². The Hall–Kier alpha value is -3.48. The van der Waals surface area contributed by atoms with Crippen molar-refractivity contribution in [3.05, 3.63) is 66.5 Å². The van der Waals surface area contributed by atoms with Gasteiger partial charge in [0.05, 0.1) is 17.0 Å². The molecule has 0 aliphatic heterocycles. The van der Waals surface area contributed by atoms with Crippen LogP contribution in [-0.4, -0.2) is 45.7 Å². The van der Waals surface area contributed by atoms with Crippen LogP contribution in [0.3, 0.4) is 0 Å². The van der Waals surface area contributed by atoms with Crippen LogP contribution in [0.15, 0.2) is 60.9 Å². The molecule has 0 amide bonds. The van der Waals surface area contributed by atoms with Crippen molar-refractivity contribution in [3.8, 4) is 11.4 Å². The van der Waals surface area contributed by atoms with E-state index in [2.05, 4.69) is 44.2 Å².